The Morgan fingerprint density at radius 1 is 0.533 bits per heavy atom. The molecule has 0 amide bonds. The third-order valence-corrected chi connectivity index (χ3v) is 7.28. The standard InChI is InChI=1S/C40H66O5/c1-3-5-7-9-11-13-15-17-18-19-20-21-22-23-25-27-29-31-33-35-40(43)45-38(36-41)37-44-39(42)34-32-30-28-26-24-16-14-12-10-8-6-4-2/h5,7,11,13,17-18,20-21,23,25,29,31,38,41H,3-4,6,8-10,12,14-16,19,22,24,26-28,30,32-37H2,1-2H3/b7-5+,13-11+,18-17+,21-20+,25-23+,31-29+/t38-/m0/s1. The van der Waals surface area contributed by atoms with E-state index in [1.54, 1.807) is 0 Å². The Morgan fingerprint density at radius 2 is 0.956 bits per heavy atom. The highest BCUT2D eigenvalue weighted by molar-refractivity contribution is 5.70. The van der Waals surface area contributed by atoms with E-state index in [-0.39, 0.29) is 25.6 Å². The van der Waals surface area contributed by atoms with Crippen LogP contribution in [0.3, 0.4) is 0 Å². The van der Waals surface area contributed by atoms with Crippen LogP contribution in [0.5, 0.6) is 0 Å². The minimum absolute atomic E-state index is 0.0980. The highest BCUT2D eigenvalue weighted by atomic mass is 16.6. The van der Waals surface area contributed by atoms with Gasteiger partial charge in [0, 0.05) is 12.8 Å². The molecular formula is C40H66O5. The number of aliphatic hydroxyl groups excluding tert-OH is 1. The van der Waals surface area contributed by atoms with Crippen molar-refractivity contribution in [3.8, 4) is 0 Å². The largest absolute Gasteiger partial charge is 0.462 e. The van der Waals surface area contributed by atoms with Gasteiger partial charge in [0.25, 0.3) is 0 Å². The van der Waals surface area contributed by atoms with Gasteiger partial charge in [0.2, 0.25) is 0 Å². The molecule has 0 aliphatic carbocycles. The van der Waals surface area contributed by atoms with Crippen molar-refractivity contribution < 1.29 is 24.2 Å². The zero-order valence-corrected chi connectivity index (χ0v) is 28.8. The van der Waals surface area contributed by atoms with Gasteiger partial charge in [-0.15, -0.1) is 0 Å². The van der Waals surface area contributed by atoms with Gasteiger partial charge >= 0.3 is 11.9 Å². The summed E-state index contributed by atoms with van der Waals surface area (Å²) in [6.45, 7) is 3.93. The molecule has 0 radical (unpaired) electrons. The topological polar surface area (TPSA) is 72.8 Å². The van der Waals surface area contributed by atoms with Gasteiger partial charge in [-0.25, -0.2) is 0 Å². The van der Waals surface area contributed by atoms with Gasteiger partial charge in [0.05, 0.1) is 6.61 Å². The molecule has 0 saturated heterocycles. The van der Waals surface area contributed by atoms with Crippen LogP contribution in [0.2, 0.25) is 0 Å². The van der Waals surface area contributed by atoms with Crippen LogP contribution in [-0.4, -0.2) is 36.4 Å². The van der Waals surface area contributed by atoms with Gasteiger partial charge < -0.3 is 14.6 Å². The van der Waals surface area contributed by atoms with Crippen molar-refractivity contribution in [3.63, 3.8) is 0 Å². The van der Waals surface area contributed by atoms with Crippen molar-refractivity contribution in [2.45, 2.75) is 155 Å². The number of unbranched alkanes of at least 4 members (excludes halogenated alkanes) is 11. The third kappa shape index (κ3) is 34.1. The minimum atomic E-state index is -0.811. The fourth-order valence-corrected chi connectivity index (χ4v) is 4.58. The molecule has 0 aliphatic heterocycles. The van der Waals surface area contributed by atoms with Gasteiger partial charge in [0.1, 0.15) is 6.61 Å². The van der Waals surface area contributed by atoms with Crippen molar-refractivity contribution in [1.82, 2.24) is 0 Å². The maximum absolute atomic E-state index is 12.1. The predicted molar refractivity (Wildman–Crippen MR) is 191 cm³/mol. The molecule has 45 heavy (non-hydrogen) atoms. The van der Waals surface area contributed by atoms with Crippen LogP contribution in [-0.2, 0) is 19.1 Å². The molecule has 1 atom stereocenters. The summed E-state index contributed by atoms with van der Waals surface area (Å²) in [6, 6.07) is 0. The monoisotopic (exact) mass is 626 g/mol. The van der Waals surface area contributed by atoms with Crippen molar-refractivity contribution >= 4 is 11.9 Å². The lowest BCUT2D eigenvalue weighted by molar-refractivity contribution is -0.161. The zero-order valence-electron chi connectivity index (χ0n) is 28.8. The Balaban J connectivity index is 3.75. The molecule has 0 aromatic carbocycles. The molecule has 5 nitrogen and oxygen atoms in total. The average molecular weight is 627 g/mol. The molecule has 0 saturated carbocycles. The summed E-state index contributed by atoms with van der Waals surface area (Å²) in [5, 5.41) is 9.51. The quantitative estimate of drug-likeness (QED) is 0.0471. The average Bonchev–Trinajstić information content (AvgIpc) is 3.04. The number of aliphatic hydroxyl groups is 1. The maximum Gasteiger partial charge on any atom is 0.306 e. The lowest BCUT2D eigenvalue weighted by atomic mass is 10.0. The van der Waals surface area contributed by atoms with Crippen molar-refractivity contribution in [1.29, 1.82) is 0 Å². The smallest absolute Gasteiger partial charge is 0.306 e. The first kappa shape index (κ1) is 42.3. The first-order valence-corrected chi connectivity index (χ1v) is 18.0. The van der Waals surface area contributed by atoms with Crippen molar-refractivity contribution in [2.75, 3.05) is 13.2 Å². The molecular weight excluding hydrogens is 560 g/mol. The molecule has 0 rings (SSSR count). The number of carbonyl (C=O) groups is 2. The Hall–Kier alpha value is -2.66. The molecule has 0 unspecified atom stereocenters. The second-order valence-electron chi connectivity index (χ2n) is 11.6. The number of rotatable bonds is 31. The van der Waals surface area contributed by atoms with Crippen LogP contribution in [0.25, 0.3) is 0 Å². The second-order valence-corrected chi connectivity index (χ2v) is 11.6. The number of carbonyl (C=O) groups excluding carboxylic acids is 2. The van der Waals surface area contributed by atoms with Crippen LogP contribution in [0, 0.1) is 0 Å². The van der Waals surface area contributed by atoms with Crippen LogP contribution < -0.4 is 0 Å². The number of hydrogen-bond acceptors (Lipinski definition) is 5. The number of ether oxygens (including phenoxy) is 2. The van der Waals surface area contributed by atoms with Gasteiger partial charge in [-0.1, -0.05) is 157 Å². The Kier molecular flexibility index (Phi) is 33.7. The third-order valence-electron chi connectivity index (χ3n) is 7.28. The van der Waals surface area contributed by atoms with Crippen molar-refractivity contribution in [2.24, 2.45) is 0 Å². The molecule has 0 fully saturated rings. The Bertz CT molecular complexity index is 849. The minimum Gasteiger partial charge on any atom is -0.462 e. The first-order chi connectivity index (χ1) is 22.1. The van der Waals surface area contributed by atoms with Crippen LogP contribution in [0.4, 0.5) is 0 Å². The van der Waals surface area contributed by atoms with E-state index >= 15 is 0 Å². The molecule has 0 aromatic rings. The molecule has 0 aromatic heterocycles. The van der Waals surface area contributed by atoms with E-state index in [4.69, 9.17) is 9.47 Å². The lowest BCUT2D eigenvalue weighted by Gasteiger charge is -2.15. The fraction of sp³-hybridized carbons (Fsp3) is 0.650. The van der Waals surface area contributed by atoms with Gasteiger partial charge in [-0.05, 0) is 51.4 Å². The maximum atomic E-state index is 12.1. The number of hydrogen-bond donors (Lipinski definition) is 1. The first-order valence-electron chi connectivity index (χ1n) is 18.0. The normalized spacial score (nSPS) is 13.0. The van der Waals surface area contributed by atoms with E-state index in [0.717, 1.165) is 57.8 Å². The summed E-state index contributed by atoms with van der Waals surface area (Å²) < 4.78 is 10.5. The molecule has 1 N–H and O–H groups in total. The molecule has 0 spiro atoms. The van der Waals surface area contributed by atoms with Gasteiger partial charge in [-0.3, -0.25) is 9.59 Å². The van der Waals surface area contributed by atoms with E-state index in [1.165, 1.54) is 57.8 Å². The van der Waals surface area contributed by atoms with Gasteiger partial charge in [0.15, 0.2) is 6.10 Å². The van der Waals surface area contributed by atoms with Crippen molar-refractivity contribution in [3.05, 3.63) is 72.9 Å². The Morgan fingerprint density at radius 3 is 1.40 bits per heavy atom. The number of esters is 2. The Labute approximate surface area is 276 Å². The highest BCUT2D eigenvalue weighted by Gasteiger charge is 2.15. The second kappa shape index (κ2) is 35.8. The van der Waals surface area contributed by atoms with E-state index in [9.17, 15) is 14.7 Å². The van der Waals surface area contributed by atoms with E-state index in [0.29, 0.717) is 12.8 Å². The van der Waals surface area contributed by atoms with Crippen LogP contribution in [0.15, 0.2) is 72.9 Å². The van der Waals surface area contributed by atoms with Crippen LogP contribution in [0.1, 0.15) is 149 Å². The summed E-state index contributed by atoms with van der Waals surface area (Å²) in [5.74, 6) is -0.694. The van der Waals surface area contributed by atoms with E-state index in [2.05, 4.69) is 74.6 Å². The summed E-state index contributed by atoms with van der Waals surface area (Å²) in [5.41, 5.74) is 0. The summed E-state index contributed by atoms with van der Waals surface area (Å²) in [6.07, 6.45) is 46.8. The fourth-order valence-electron chi connectivity index (χ4n) is 4.58. The van der Waals surface area contributed by atoms with Crippen LogP contribution >= 0.6 is 0 Å². The highest BCUT2D eigenvalue weighted by Crippen LogP contribution is 2.13. The lowest BCUT2D eigenvalue weighted by Crippen LogP contribution is -2.28. The molecule has 0 heterocycles. The van der Waals surface area contributed by atoms with E-state index < -0.39 is 12.1 Å². The number of allylic oxidation sites excluding steroid dienone is 12. The predicted octanol–water partition coefficient (Wildman–Crippen LogP) is 11.0. The molecule has 5 heteroatoms. The summed E-state index contributed by atoms with van der Waals surface area (Å²) in [4.78, 5) is 24.1. The SMILES string of the molecule is CC/C=C/C/C=C/C/C=C/C/C=C/C/C=C/C/C=C/CCC(=O)O[C@@H](CO)COC(=O)CCCCCCCCCCCCCC. The molecule has 0 bridgehead atoms. The zero-order chi connectivity index (χ0) is 32.9. The van der Waals surface area contributed by atoms with Gasteiger partial charge in [-0.2, -0.15) is 0 Å². The van der Waals surface area contributed by atoms with E-state index in [1.807, 2.05) is 12.2 Å². The summed E-state index contributed by atoms with van der Waals surface area (Å²) in [7, 11) is 0. The molecule has 0 aliphatic rings. The molecule has 256 valence electrons. The summed E-state index contributed by atoms with van der Waals surface area (Å²) >= 11 is 0.